The number of carbonyl (C=O) groups is 1. The molecule has 2 saturated heterocycles. The van der Waals surface area contributed by atoms with Crippen LogP contribution < -0.4 is 25.4 Å². The summed E-state index contributed by atoms with van der Waals surface area (Å²) in [6.07, 6.45) is 6.03. The van der Waals surface area contributed by atoms with Crippen LogP contribution in [-0.2, 0) is 6.61 Å². The van der Waals surface area contributed by atoms with Gasteiger partial charge in [-0.15, -0.1) is 0 Å². The number of nitrogens with zero attached hydrogens (tertiary/aromatic N) is 2. The standard InChI is InChI=1S/C38H47ClFN5O3.3C2H6.CH4/c1-7-15-41-33-20-37(47-6)34(43-38(46)45-21-31-29(8-2)24(3)14-16-44(5)35(31)22-45)19-30(33)25(4)42-28-12-13-36(32(39)18-28)48-23-26-10-9-11-27(40)17-26;3*1-2;/h7,9-13,15,17-20,24,29,31,35,41-42H,4,8,14,16,21-23H2,1-3,5-6H3,(H,43,46);3*1-2H3;1H4/b15-7+;;;;/t24?,29-,31?,35?;;;;/m0..../s1. The van der Waals surface area contributed by atoms with Crippen LogP contribution in [0.5, 0.6) is 11.5 Å². The molecule has 10 heteroatoms. The first kappa shape index (κ1) is 48.8. The van der Waals surface area contributed by atoms with Gasteiger partial charge in [-0.3, -0.25) is 0 Å². The molecule has 3 unspecified atom stereocenters. The van der Waals surface area contributed by atoms with Gasteiger partial charge in [-0.1, -0.05) is 106 Å². The van der Waals surface area contributed by atoms with E-state index in [1.165, 1.54) is 18.6 Å². The number of urea groups is 1. The van der Waals surface area contributed by atoms with Crippen LogP contribution >= 0.6 is 11.6 Å². The number of ether oxygens (including phenoxy) is 2. The van der Waals surface area contributed by atoms with E-state index in [1.54, 1.807) is 31.4 Å². The predicted molar refractivity (Wildman–Crippen MR) is 235 cm³/mol. The number of fused-ring (bicyclic) bond motifs is 1. The van der Waals surface area contributed by atoms with E-state index >= 15 is 0 Å². The molecule has 0 aliphatic carbocycles. The first-order chi connectivity index (χ1) is 26.1. The fourth-order valence-electron chi connectivity index (χ4n) is 7.09. The van der Waals surface area contributed by atoms with Crippen molar-refractivity contribution in [3.63, 3.8) is 0 Å². The summed E-state index contributed by atoms with van der Waals surface area (Å²) in [7, 11) is 3.78. The van der Waals surface area contributed by atoms with E-state index in [0.29, 0.717) is 69.5 Å². The van der Waals surface area contributed by atoms with E-state index < -0.39 is 0 Å². The molecule has 5 rings (SSSR count). The summed E-state index contributed by atoms with van der Waals surface area (Å²) in [6.45, 7) is 25.5. The van der Waals surface area contributed by atoms with Crippen LogP contribution in [0.15, 0.2) is 73.5 Å². The SMILES string of the molecule is C.C=C(Nc1ccc(OCc2cccc(F)c2)c(Cl)c1)c1cc(NC(=O)N2CC3C(C2)N(C)CCC(C)[C@@H]3CC)c(OC)cc1N/C=C/C.CC.CC.CC. The van der Waals surface area contributed by atoms with E-state index in [1.807, 2.05) is 83.8 Å². The van der Waals surface area contributed by atoms with Crippen LogP contribution in [0.1, 0.15) is 93.7 Å². The van der Waals surface area contributed by atoms with Gasteiger partial charge in [0.25, 0.3) is 0 Å². The number of rotatable bonds is 11. The molecule has 306 valence electrons. The van der Waals surface area contributed by atoms with E-state index in [-0.39, 0.29) is 25.9 Å². The molecule has 3 aromatic rings. The van der Waals surface area contributed by atoms with Crippen LogP contribution in [0.3, 0.4) is 0 Å². The van der Waals surface area contributed by atoms with Gasteiger partial charge in [0.05, 0.1) is 23.5 Å². The minimum atomic E-state index is -0.318. The zero-order valence-electron chi connectivity index (χ0n) is 34.5. The number of hydrogen-bond acceptors (Lipinski definition) is 6. The van der Waals surface area contributed by atoms with Crippen molar-refractivity contribution in [3.05, 3.63) is 95.4 Å². The quantitative estimate of drug-likeness (QED) is 0.180. The van der Waals surface area contributed by atoms with Crippen LogP contribution in [0.2, 0.25) is 5.02 Å². The van der Waals surface area contributed by atoms with Gasteiger partial charge in [0.15, 0.2) is 0 Å². The lowest BCUT2D eigenvalue weighted by atomic mass is 9.78. The van der Waals surface area contributed by atoms with Crippen LogP contribution in [0, 0.1) is 23.6 Å². The largest absolute Gasteiger partial charge is 0.494 e. The lowest BCUT2D eigenvalue weighted by Crippen LogP contribution is -2.39. The number of likely N-dealkylation sites (tertiary alicyclic amines) is 2. The second kappa shape index (κ2) is 25.0. The average molecular weight is 783 g/mol. The highest BCUT2D eigenvalue weighted by Gasteiger charge is 2.44. The zero-order chi connectivity index (χ0) is 40.4. The number of anilines is 3. The van der Waals surface area contributed by atoms with Gasteiger partial charge in [-0.25, -0.2) is 9.18 Å². The monoisotopic (exact) mass is 782 g/mol. The highest BCUT2D eigenvalue weighted by molar-refractivity contribution is 6.32. The number of methoxy groups -OCH3 is 1. The fourth-order valence-corrected chi connectivity index (χ4v) is 7.32. The van der Waals surface area contributed by atoms with Gasteiger partial charge in [0, 0.05) is 42.1 Å². The normalized spacial score (nSPS) is 18.7. The minimum Gasteiger partial charge on any atom is -0.494 e. The summed E-state index contributed by atoms with van der Waals surface area (Å²) >= 11 is 6.57. The second-order valence-corrected chi connectivity index (χ2v) is 13.2. The van der Waals surface area contributed by atoms with Gasteiger partial charge in [0.2, 0.25) is 0 Å². The van der Waals surface area contributed by atoms with Crippen molar-refractivity contribution >= 4 is 40.4 Å². The summed E-state index contributed by atoms with van der Waals surface area (Å²) in [4.78, 5) is 18.2. The van der Waals surface area contributed by atoms with E-state index in [0.717, 1.165) is 30.8 Å². The molecule has 2 aliphatic heterocycles. The Morgan fingerprint density at radius 1 is 1.00 bits per heavy atom. The first-order valence-electron chi connectivity index (χ1n) is 19.6. The fraction of sp³-hybridized carbons (Fsp3) is 0.489. The zero-order valence-corrected chi connectivity index (χ0v) is 35.2. The maximum Gasteiger partial charge on any atom is 0.322 e. The molecule has 3 N–H and O–H groups in total. The molecule has 3 aromatic carbocycles. The summed E-state index contributed by atoms with van der Waals surface area (Å²) in [6, 6.07) is 15.5. The topological polar surface area (TPSA) is 78.1 Å². The molecule has 2 heterocycles. The molecule has 0 aromatic heterocycles. The van der Waals surface area contributed by atoms with Crippen molar-refractivity contribution in [2.75, 3.05) is 49.7 Å². The van der Waals surface area contributed by atoms with Crippen molar-refractivity contribution < 1.29 is 18.7 Å². The number of amides is 2. The van der Waals surface area contributed by atoms with Gasteiger partial charge in [0.1, 0.15) is 23.9 Å². The Labute approximate surface area is 337 Å². The second-order valence-electron chi connectivity index (χ2n) is 12.8. The van der Waals surface area contributed by atoms with Crippen molar-refractivity contribution in [2.45, 2.75) is 95.2 Å². The molecule has 4 atom stereocenters. The number of nitrogens with one attached hydrogen (secondary N) is 3. The number of hydrogen-bond donors (Lipinski definition) is 3. The summed E-state index contributed by atoms with van der Waals surface area (Å²) in [5.74, 6) is 2.36. The number of benzene rings is 3. The molecular formula is C45H69ClFN5O3. The average Bonchev–Trinajstić information content (AvgIpc) is 3.59. The minimum absolute atomic E-state index is 0. The Hall–Kier alpha value is -4.21. The van der Waals surface area contributed by atoms with Crippen LogP contribution in [-0.4, -0.2) is 55.7 Å². The van der Waals surface area contributed by atoms with Crippen molar-refractivity contribution in [1.29, 1.82) is 0 Å². The molecule has 8 nitrogen and oxygen atoms in total. The molecule has 55 heavy (non-hydrogen) atoms. The third-order valence-electron chi connectivity index (χ3n) is 9.70. The smallest absolute Gasteiger partial charge is 0.322 e. The molecule has 2 fully saturated rings. The third-order valence-corrected chi connectivity index (χ3v) is 9.99. The molecule has 2 amide bonds. The van der Waals surface area contributed by atoms with Gasteiger partial charge < -0.3 is 35.2 Å². The lowest BCUT2D eigenvalue weighted by Gasteiger charge is -2.30. The maximum absolute atomic E-state index is 13.8. The Morgan fingerprint density at radius 3 is 2.33 bits per heavy atom. The van der Waals surface area contributed by atoms with Gasteiger partial charge in [-0.05, 0) is 92.9 Å². The summed E-state index contributed by atoms with van der Waals surface area (Å²) < 4.78 is 25.1. The van der Waals surface area contributed by atoms with Gasteiger partial charge in [-0.2, -0.15) is 0 Å². The highest BCUT2D eigenvalue weighted by Crippen LogP contribution is 2.40. The third kappa shape index (κ3) is 13.2. The highest BCUT2D eigenvalue weighted by atomic mass is 35.5. The molecule has 0 bridgehead atoms. The van der Waals surface area contributed by atoms with Crippen molar-refractivity contribution in [3.8, 4) is 11.5 Å². The Bertz CT molecular complexity index is 1650. The summed E-state index contributed by atoms with van der Waals surface area (Å²) in [5.41, 5.74) is 4.00. The predicted octanol–water partition coefficient (Wildman–Crippen LogP) is 12.6. The molecule has 0 radical (unpaired) electrons. The van der Waals surface area contributed by atoms with E-state index in [2.05, 4.69) is 48.3 Å². The number of likely N-dealkylation sites (N-methyl/N-ethyl adjacent to an activating group) is 1. The first-order valence-corrected chi connectivity index (χ1v) is 20.0. The lowest BCUT2D eigenvalue weighted by molar-refractivity contribution is 0.189. The number of allylic oxidation sites excluding steroid dienone is 1. The van der Waals surface area contributed by atoms with Gasteiger partial charge >= 0.3 is 6.03 Å². The summed E-state index contributed by atoms with van der Waals surface area (Å²) in [5, 5.41) is 10.2. The number of carbonyl (C=O) groups excluding carboxylic acids is 1. The van der Waals surface area contributed by atoms with Crippen molar-refractivity contribution in [1.82, 2.24) is 9.80 Å². The van der Waals surface area contributed by atoms with Crippen molar-refractivity contribution in [2.24, 2.45) is 17.8 Å². The molecule has 0 spiro atoms. The van der Waals surface area contributed by atoms with Crippen LogP contribution in [0.4, 0.5) is 26.2 Å². The van der Waals surface area contributed by atoms with E-state index in [4.69, 9.17) is 21.1 Å². The number of halogens is 2. The molecule has 2 aliphatic rings. The Balaban J connectivity index is 0.00000206. The Morgan fingerprint density at radius 2 is 1.71 bits per heavy atom. The maximum atomic E-state index is 13.8. The van der Waals surface area contributed by atoms with Crippen LogP contribution in [0.25, 0.3) is 5.70 Å². The molecule has 0 saturated carbocycles. The molecular weight excluding hydrogens is 713 g/mol. The van der Waals surface area contributed by atoms with E-state index in [9.17, 15) is 9.18 Å². The Kier molecular flexibility index (Phi) is 22.2.